The fourth-order valence-electron chi connectivity index (χ4n) is 2.18. The Labute approximate surface area is 120 Å². The van der Waals surface area contributed by atoms with Crippen LogP contribution in [0.1, 0.15) is 44.7 Å². The topological polar surface area (TPSA) is 34.0 Å². The molecule has 0 aliphatic carbocycles. The molecule has 3 nitrogen and oxygen atoms in total. The first-order chi connectivity index (χ1) is 9.70. The number of nitrogens with one attached hydrogen (secondary N) is 1. The molecule has 20 heavy (non-hydrogen) atoms. The summed E-state index contributed by atoms with van der Waals surface area (Å²) < 4.78 is 2.06. The molecule has 3 heteroatoms. The number of hydrogen-bond acceptors (Lipinski definition) is 1. The Morgan fingerprint density at radius 1 is 1.20 bits per heavy atom. The van der Waals surface area contributed by atoms with Crippen molar-refractivity contribution < 1.29 is 4.79 Å². The van der Waals surface area contributed by atoms with Crippen molar-refractivity contribution in [1.82, 2.24) is 9.88 Å². The van der Waals surface area contributed by atoms with E-state index in [9.17, 15) is 4.79 Å². The Morgan fingerprint density at radius 2 is 1.85 bits per heavy atom. The van der Waals surface area contributed by atoms with Gasteiger partial charge in [0.05, 0.1) is 6.04 Å². The van der Waals surface area contributed by atoms with Crippen molar-refractivity contribution in [1.29, 1.82) is 0 Å². The van der Waals surface area contributed by atoms with Crippen LogP contribution >= 0.6 is 0 Å². The number of carbonyl (C=O) groups excluding carboxylic acids is 1. The monoisotopic (exact) mass is 270 g/mol. The van der Waals surface area contributed by atoms with Crippen molar-refractivity contribution in [3.63, 3.8) is 0 Å². The molecule has 1 N–H and O–H groups in total. The van der Waals surface area contributed by atoms with Crippen LogP contribution in [0.15, 0.2) is 48.8 Å². The molecule has 1 aromatic heterocycles. The van der Waals surface area contributed by atoms with Gasteiger partial charge in [0.2, 0.25) is 5.91 Å². The lowest BCUT2D eigenvalue weighted by molar-refractivity contribution is -0.121. The van der Waals surface area contributed by atoms with Crippen molar-refractivity contribution >= 4 is 5.91 Å². The van der Waals surface area contributed by atoms with Crippen molar-refractivity contribution in [2.75, 3.05) is 0 Å². The number of benzene rings is 1. The first-order valence-corrected chi connectivity index (χ1v) is 7.23. The summed E-state index contributed by atoms with van der Waals surface area (Å²) in [7, 11) is 0. The molecule has 2 aromatic rings. The van der Waals surface area contributed by atoms with Crippen molar-refractivity contribution in [2.45, 2.75) is 39.2 Å². The number of hydrogen-bond donors (Lipinski definition) is 1. The fraction of sp³-hybridized carbons (Fsp3) is 0.353. The molecule has 1 heterocycles. The van der Waals surface area contributed by atoms with Crippen LogP contribution in [-0.4, -0.2) is 10.5 Å². The number of nitrogens with zero attached hydrogens (tertiary/aromatic N) is 1. The average Bonchev–Trinajstić information content (AvgIpc) is 2.99. The Bertz CT molecular complexity index is 529. The van der Waals surface area contributed by atoms with Gasteiger partial charge < -0.3 is 9.88 Å². The second-order valence-corrected chi connectivity index (χ2v) is 5.07. The van der Waals surface area contributed by atoms with Crippen molar-refractivity contribution in [3.05, 3.63) is 54.4 Å². The highest BCUT2D eigenvalue weighted by molar-refractivity contribution is 5.76. The van der Waals surface area contributed by atoms with Crippen LogP contribution in [0.25, 0.3) is 5.69 Å². The number of aromatic nitrogens is 1. The number of carbonyl (C=O) groups is 1. The van der Waals surface area contributed by atoms with E-state index in [1.54, 1.807) is 0 Å². The normalized spacial score (nSPS) is 12.1. The number of amides is 1. The van der Waals surface area contributed by atoms with Crippen molar-refractivity contribution in [3.8, 4) is 5.69 Å². The molecule has 0 aliphatic heterocycles. The number of rotatable bonds is 6. The summed E-state index contributed by atoms with van der Waals surface area (Å²) in [5.41, 5.74) is 2.26. The Morgan fingerprint density at radius 3 is 2.45 bits per heavy atom. The summed E-state index contributed by atoms with van der Waals surface area (Å²) in [6, 6.07) is 12.3. The smallest absolute Gasteiger partial charge is 0.220 e. The van der Waals surface area contributed by atoms with E-state index in [0.29, 0.717) is 6.42 Å². The van der Waals surface area contributed by atoms with E-state index >= 15 is 0 Å². The summed E-state index contributed by atoms with van der Waals surface area (Å²) in [4.78, 5) is 11.7. The lowest BCUT2D eigenvalue weighted by Crippen LogP contribution is -2.26. The van der Waals surface area contributed by atoms with E-state index in [4.69, 9.17) is 0 Å². The first kappa shape index (κ1) is 14.4. The summed E-state index contributed by atoms with van der Waals surface area (Å²) in [6.45, 7) is 4.12. The van der Waals surface area contributed by atoms with Gasteiger partial charge in [-0.3, -0.25) is 4.79 Å². The second kappa shape index (κ2) is 6.94. The summed E-state index contributed by atoms with van der Waals surface area (Å²) >= 11 is 0. The van der Waals surface area contributed by atoms with E-state index < -0.39 is 0 Å². The summed E-state index contributed by atoms with van der Waals surface area (Å²) in [5, 5.41) is 3.04. The van der Waals surface area contributed by atoms with Crippen LogP contribution in [0, 0.1) is 0 Å². The average molecular weight is 270 g/mol. The zero-order valence-corrected chi connectivity index (χ0v) is 12.2. The van der Waals surface area contributed by atoms with Gasteiger partial charge in [-0.05, 0) is 43.2 Å². The molecule has 2 rings (SSSR count). The molecule has 1 unspecified atom stereocenters. The SMILES string of the molecule is CCCCC(=O)NC(C)c1ccc(-n2cccc2)cc1. The Balaban J connectivity index is 1.97. The zero-order valence-electron chi connectivity index (χ0n) is 12.2. The molecule has 0 bridgehead atoms. The third-order valence-electron chi connectivity index (χ3n) is 3.43. The molecular weight excluding hydrogens is 248 g/mol. The molecule has 0 radical (unpaired) electrons. The van der Waals surface area contributed by atoms with E-state index in [1.807, 2.05) is 31.5 Å². The third kappa shape index (κ3) is 3.73. The van der Waals surface area contributed by atoms with Gasteiger partial charge in [-0.2, -0.15) is 0 Å². The minimum Gasteiger partial charge on any atom is -0.350 e. The molecule has 0 fully saturated rings. The molecule has 0 saturated heterocycles. The third-order valence-corrected chi connectivity index (χ3v) is 3.43. The Hall–Kier alpha value is -2.03. The number of unbranched alkanes of at least 4 members (excludes halogenated alkanes) is 1. The highest BCUT2D eigenvalue weighted by Crippen LogP contribution is 2.16. The maximum atomic E-state index is 11.7. The first-order valence-electron chi connectivity index (χ1n) is 7.23. The maximum absolute atomic E-state index is 11.7. The van der Waals surface area contributed by atoms with Crippen LogP contribution in [0.4, 0.5) is 0 Å². The van der Waals surface area contributed by atoms with Gasteiger partial charge >= 0.3 is 0 Å². The lowest BCUT2D eigenvalue weighted by atomic mass is 10.1. The van der Waals surface area contributed by atoms with Crippen LogP contribution in [-0.2, 0) is 4.79 Å². The van der Waals surface area contributed by atoms with Gasteiger partial charge in [0.1, 0.15) is 0 Å². The molecule has 1 amide bonds. The summed E-state index contributed by atoms with van der Waals surface area (Å²) in [6.07, 6.45) is 6.65. The Kier molecular flexibility index (Phi) is 4.99. The van der Waals surface area contributed by atoms with Gasteiger partial charge in [-0.15, -0.1) is 0 Å². The van der Waals surface area contributed by atoms with Crippen molar-refractivity contribution in [2.24, 2.45) is 0 Å². The van der Waals surface area contributed by atoms with E-state index in [1.165, 1.54) is 0 Å². The van der Waals surface area contributed by atoms with Gasteiger partial charge in [0, 0.05) is 24.5 Å². The largest absolute Gasteiger partial charge is 0.350 e. The van der Waals surface area contributed by atoms with Gasteiger partial charge in [0.15, 0.2) is 0 Å². The van der Waals surface area contributed by atoms with E-state index in [-0.39, 0.29) is 11.9 Å². The van der Waals surface area contributed by atoms with Gasteiger partial charge in [0.25, 0.3) is 0 Å². The molecule has 106 valence electrons. The van der Waals surface area contributed by atoms with Gasteiger partial charge in [-0.25, -0.2) is 0 Å². The predicted octanol–water partition coefficient (Wildman–Crippen LogP) is 3.84. The molecule has 1 atom stereocenters. The molecular formula is C17H22N2O. The van der Waals surface area contributed by atoms with E-state index in [0.717, 1.165) is 24.1 Å². The minimum atomic E-state index is 0.0538. The quantitative estimate of drug-likeness (QED) is 0.850. The van der Waals surface area contributed by atoms with Gasteiger partial charge in [-0.1, -0.05) is 25.5 Å². The lowest BCUT2D eigenvalue weighted by Gasteiger charge is -2.15. The van der Waals surface area contributed by atoms with E-state index in [2.05, 4.69) is 41.1 Å². The highest BCUT2D eigenvalue weighted by atomic mass is 16.1. The van der Waals surface area contributed by atoms with Crippen LogP contribution in [0.5, 0.6) is 0 Å². The highest BCUT2D eigenvalue weighted by Gasteiger charge is 2.09. The second-order valence-electron chi connectivity index (χ2n) is 5.07. The minimum absolute atomic E-state index is 0.0538. The maximum Gasteiger partial charge on any atom is 0.220 e. The molecule has 0 aliphatic rings. The predicted molar refractivity (Wildman–Crippen MR) is 81.9 cm³/mol. The van der Waals surface area contributed by atoms with Crippen LogP contribution in [0.2, 0.25) is 0 Å². The standard InChI is InChI=1S/C17H22N2O/c1-3-4-7-17(20)18-14(2)15-8-10-16(11-9-15)19-12-5-6-13-19/h5-6,8-14H,3-4,7H2,1-2H3,(H,18,20). The summed E-state index contributed by atoms with van der Waals surface area (Å²) in [5.74, 6) is 0.133. The molecule has 1 aromatic carbocycles. The molecule has 0 saturated carbocycles. The van der Waals surface area contributed by atoms with Crippen LogP contribution < -0.4 is 5.32 Å². The molecule has 0 spiro atoms. The fourth-order valence-corrected chi connectivity index (χ4v) is 2.18. The zero-order chi connectivity index (χ0) is 14.4. The van der Waals surface area contributed by atoms with Crippen LogP contribution in [0.3, 0.4) is 0 Å².